The molecule has 0 radical (unpaired) electrons. The number of benzene rings is 2. The van der Waals surface area contributed by atoms with E-state index in [-0.39, 0.29) is 17.5 Å². The summed E-state index contributed by atoms with van der Waals surface area (Å²) >= 11 is 0. The van der Waals surface area contributed by atoms with Crippen molar-refractivity contribution in [2.24, 2.45) is 0 Å². The highest BCUT2D eigenvalue weighted by Crippen LogP contribution is 2.18. The second-order valence-electron chi connectivity index (χ2n) is 6.67. The van der Waals surface area contributed by atoms with Gasteiger partial charge in [0.25, 0.3) is 5.56 Å². The molecule has 2 N–H and O–H groups in total. The molecule has 0 saturated carbocycles. The Morgan fingerprint density at radius 1 is 1.18 bits per heavy atom. The van der Waals surface area contributed by atoms with Crippen molar-refractivity contribution in [3.8, 4) is 5.75 Å². The summed E-state index contributed by atoms with van der Waals surface area (Å²) in [6.07, 6.45) is 1.53. The van der Waals surface area contributed by atoms with Crippen LogP contribution in [0.15, 0.2) is 53.3 Å². The highest BCUT2D eigenvalue weighted by atomic mass is 16.5. The Morgan fingerprint density at radius 3 is 2.68 bits per heavy atom. The van der Waals surface area contributed by atoms with Crippen LogP contribution in [0.25, 0.3) is 10.9 Å². The normalized spacial score (nSPS) is 11.9. The summed E-state index contributed by atoms with van der Waals surface area (Å²) in [6.45, 7) is 4.53. The van der Waals surface area contributed by atoms with E-state index in [1.54, 1.807) is 6.07 Å². The molecule has 0 bridgehead atoms. The molecule has 1 aromatic heterocycles. The van der Waals surface area contributed by atoms with E-state index in [4.69, 9.17) is 4.74 Å². The zero-order valence-corrected chi connectivity index (χ0v) is 16.2. The molecule has 1 amide bonds. The molecule has 28 heavy (non-hydrogen) atoms. The SMILES string of the molecule is CCOc1ccc(C(C)NC(=O)CCCc2nc3ccccc3c(=O)[nH]2)cc1. The molecule has 1 atom stereocenters. The van der Waals surface area contributed by atoms with Crippen molar-refractivity contribution in [3.63, 3.8) is 0 Å². The lowest BCUT2D eigenvalue weighted by Crippen LogP contribution is -2.26. The second-order valence-corrected chi connectivity index (χ2v) is 6.67. The van der Waals surface area contributed by atoms with E-state index in [0.717, 1.165) is 11.3 Å². The third kappa shape index (κ3) is 4.97. The van der Waals surface area contributed by atoms with Gasteiger partial charge in [-0.05, 0) is 50.1 Å². The maximum atomic E-state index is 12.2. The molecular weight excluding hydrogens is 354 g/mol. The van der Waals surface area contributed by atoms with Crippen LogP contribution in [0.4, 0.5) is 0 Å². The van der Waals surface area contributed by atoms with Crippen LogP contribution in [0.3, 0.4) is 0 Å². The number of hydrogen-bond acceptors (Lipinski definition) is 4. The summed E-state index contributed by atoms with van der Waals surface area (Å²) in [5.41, 5.74) is 1.56. The molecule has 0 aliphatic rings. The summed E-state index contributed by atoms with van der Waals surface area (Å²) in [7, 11) is 0. The lowest BCUT2D eigenvalue weighted by molar-refractivity contribution is -0.121. The van der Waals surface area contributed by atoms with Gasteiger partial charge >= 0.3 is 0 Å². The van der Waals surface area contributed by atoms with Crippen LogP contribution in [0.5, 0.6) is 5.75 Å². The molecule has 3 rings (SSSR count). The van der Waals surface area contributed by atoms with Crippen LogP contribution in [0.1, 0.15) is 44.1 Å². The average molecular weight is 379 g/mol. The van der Waals surface area contributed by atoms with Crippen LogP contribution in [-0.4, -0.2) is 22.5 Å². The summed E-state index contributed by atoms with van der Waals surface area (Å²) in [5, 5.41) is 3.58. The van der Waals surface area contributed by atoms with E-state index in [9.17, 15) is 9.59 Å². The molecule has 6 heteroatoms. The zero-order valence-electron chi connectivity index (χ0n) is 16.2. The van der Waals surface area contributed by atoms with Crippen molar-refractivity contribution in [3.05, 3.63) is 70.3 Å². The first kappa shape index (κ1) is 19.6. The fourth-order valence-electron chi connectivity index (χ4n) is 3.09. The number of carbonyl (C=O) groups excluding carboxylic acids is 1. The summed E-state index contributed by atoms with van der Waals surface area (Å²) < 4.78 is 5.43. The largest absolute Gasteiger partial charge is 0.494 e. The van der Waals surface area contributed by atoms with E-state index >= 15 is 0 Å². The number of nitrogens with one attached hydrogen (secondary N) is 2. The van der Waals surface area contributed by atoms with Crippen molar-refractivity contribution in [1.29, 1.82) is 0 Å². The number of aromatic amines is 1. The van der Waals surface area contributed by atoms with Crippen molar-refractivity contribution < 1.29 is 9.53 Å². The highest BCUT2D eigenvalue weighted by molar-refractivity contribution is 5.77. The molecule has 0 fully saturated rings. The molecule has 1 heterocycles. The second kappa shape index (κ2) is 9.17. The van der Waals surface area contributed by atoms with Gasteiger partial charge in [0.2, 0.25) is 5.91 Å². The van der Waals surface area contributed by atoms with Crippen molar-refractivity contribution in [1.82, 2.24) is 15.3 Å². The van der Waals surface area contributed by atoms with Gasteiger partial charge in [0.05, 0.1) is 23.6 Å². The Bertz CT molecular complexity index is 996. The van der Waals surface area contributed by atoms with Gasteiger partial charge in [-0.2, -0.15) is 0 Å². The van der Waals surface area contributed by atoms with Crippen LogP contribution in [-0.2, 0) is 11.2 Å². The Kier molecular flexibility index (Phi) is 6.42. The first-order valence-corrected chi connectivity index (χ1v) is 9.57. The number of hydrogen-bond donors (Lipinski definition) is 2. The zero-order chi connectivity index (χ0) is 19.9. The maximum Gasteiger partial charge on any atom is 0.258 e. The van der Waals surface area contributed by atoms with Crippen LogP contribution < -0.4 is 15.6 Å². The number of ether oxygens (including phenoxy) is 1. The molecule has 6 nitrogen and oxygen atoms in total. The molecule has 1 unspecified atom stereocenters. The molecule has 3 aromatic rings. The van der Waals surface area contributed by atoms with Gasteiger partial charge in [-0.25, -0.2) is 4.98 Å². The fraction of sp³-hybridized carbons (Fsp3) is 0.318. The highest BCUT2D eigenvalue weighted by Gasteiger charge is 2.10. The third-order valence-electron chi connectivity index (χ3n) is 4.55. The minimum atomic E-state index is -0.144. The third-order valence-corrected chi connectivity index (χ3v) is 4.55. The number of rotatable bonds is 8. The van der Waals surface area contributed by atoms with Crippen molar-refractivity contribution in [2.75, 3.05) is 6.61 Å². The number of aryl methyl sites for hydroxylation is 1. The number of aromatic nitrogens is 2. The number of para-hydroxylation sites is 1. The predicted molar refractivity (Wildman–Crippen MR) is 109 cm³/mol. The quantitative estimate of drug-likeness (QED) is 0.627. The first-order chi connectivity index (χ1) is 13.6. The Morgan fingerprint density at radius 2 is 1.93 bits per heavy atom. The maximum absolute atomic E-state index is 12.2. The van der Waals surface area contributed by atoms with E-state index in [1.165, 1.54) is 0 Å². The topological polar surface area (TPSA) is 84.1 Å². The standard InChI is InChI=1S/C22H25N3O3/c1-3-28-17-13-11-16(12-14-17)15(2)23-21(26)10-6-9-20-24-19-8-5-4-7-18(19)22(27)25-20/h4-5,7-8,11-15H,3,6,9-10H2,1-2H3,(H,23,26)(H,24,25,27). The fourth-order valence-corrected chi connectivity index (χ4v) is 3.09. The molecule has 146 valence electrons. The molecule has 0 saturated heterocycles. The summed E-state index contributed by atoms with van der Waals surface area (Å²) in [6, 6.07) is 14.9. The molecule has 0 aliphatic heterocycles. The molecule has 2 aromatic carbocycles. The van der Waals surface area contributed by atoms with Crippen molar-refractivity contribution >= 4 is 16.8 Å². The summed E-state index contributed by atoms with van der Waals surface area (Å²) in [4.78, 5) is 31.6. The smallest absolute Gasteiger partial charge is 0.258 e. The van der Waals surface area contributed by atoms with Gasteiger partial charge in [-0.3, -0.25) is 9.59 Å². The number of nitrogens with zero attached hydrogens (tertiary/aromatic N) is 1. The minimum Gasteiger partial charge on any atom is -0.494 e. The first-order valence-electron chi connectivity index (χ1n) is 9.57. The summed E-state index contributed by atoms with van der Waals surface area (Å²) in [5.74, 6) is 1.40. The van der Waals surface area contributed by atoms with Gasteiger partial charge < -0.3 is 15.0 Å². The average Bonchev–Trinajstić information content (AvgIpc) is 2.69. The monoisotopic (exact) mass is 379 g/mol. The predicted octanol–water partition coefficient (Wildman–Crippen LogP) is 3.52. The number of amides is 1. The lowest BCUT2D eigenvalue weighted by Gasteiger charge is -2.15. The van der Waals surface area contributed by atoms with Crippen molar-refractivity contribution in [2.45, 2.75) is 39.2 Å². The number of fused-ring (bicyclic) bond motifs is 1. The Labute approximate surface area is 164 Å². The van der Waals surface area contributed by atoms with Gasteiger partial charge in [-0.15, -0.1) is 0 Å². The van der Waals surface area contributed by atoms with Gasteiger partial charge in [0.15, 0.2) is 0 Å². The Hall–Kier alpha value is -3.15. The molecule has 0 spiro atoms. The molecule has 0 aliphatic carbocycles. The van der Waals surface area contributed by atoms with E-state index in [1.807, 2.05) is 56.3 Å². The lowest BCUT2D eigenvalue weighted by atomic mass is 10.1. The Balaban J connectivity index is 1.51. The van der Waals surface area contributed by atoms with E-state index in [0.29, 0.717) is 42.6 Å². The number of H-pyrrole nitrogens is 1. The number of carbonyl (C=O) groups is 1. The minimum absolute atomic E-state index is 0.0236. The van der Waals surface area contributed by atoms with Crippen LogP contribution in [0, 0.1) is 0 Å². The van der Waals surface area contributed by atoms with Crippen LogP contribution >= 0.6 is 0 Å². The molecular formula is C22H25N3O3. The van der Waals surface area contributed by atoms with Gasteiger partial charge in [0, 0.05) is 12.8 Å². The van der Waals surface area contributed by atoms with E-state index < -0.39 is 0 Å². The van der Waals surface area contributed by atoms with E-state index in [2.05, 4.69) is 15.3 Å². The van der Waals surface area contributed by atoms with Crippen LogP contribution in [0.2, 0.25) is 0 Å². The van der Waals surface area contributed by atoms with Gasteiger partial charge in [-0.1, -0.05) is 24.3 Å². The van der Waals surface area contributed by atoms with Gasteiger partial charge in [0.1, 0.15) is 11.6 Å².